The summed E-state index contributed by atoms with van der Waals surface area (Å²) in [6, 6.07) is 11.6. The molecule has 0 aromatic heterocycles. The van der Waals surface area contributed by atoms with Crippen LogP contribution >= 0.6 is 11.6 Å². The normalized spacial score (nSPS) is 16.1. The third-order valence-corrected chi connectivity index (χ3v) is 6.24. The van der Waals surface area contributed by atoms with Crippen molar-refractivity contribution in [3.63, 3.8) is 0 Å². The molecule has 8 heteroatoms. The van der Waals surface area contributed by atoms with Gasteiger partial charge in [-0.15, -0.1) is 4.40 Å². The Morgan fingerprint density at radius 2 is 1.89 bits per heavy atom. The predicted molar refractivity (Wildman–Crippen MR) is 112 cm³/mol. The van der Waals surface area contributed by atoms with Crippen LogP contribution in [-0.2, 0) is 10.0 Å². The van der Waals surface area contributed by atoms with Gasteiger partial charge in [0.25, 0.3) is 15.9 Å². The maximum atomic E-state index is 12.7. The van der Waals surface area contributed by atoms with Crippen molar-refractivity contribution in [1.29, 1.82) is 0 Å². The van der Waals surface area contributed by atoms with Crippen molar-refractivity contribution in [3.8, 4) is 0 Å². The molecule has 6 nitrogen and oxygen atoms in total. The van der Waals surface area contributed by atoms with E-state index in [1.54, 1.807) is 31.2 Å². The van der Waals surface area contributed by atoms with Crippen LogP contribution in [0.1, 0.15) is 49.2 Å². The average molecular weight is 420 g/mol. The standard InChI is InChI=1S/C20H22ClN3O3S/c1-4-11-24-14(3)23-28(26,27)19-12-16(7-10-18(19)24)20(25)22-13(2)15-5-8-17(21)9-6-15/h5-10,12-13H,4,11H2,1-3H3,(H,22,25)/t13-/m1/s1. The van der Waals surface area contributed by atoms with Crippen molar-refractivity contribution in [3.05, 3.63) is 58.6 Å². The molecule has 0 radical (unpaired) electrons. The molecular weight excluding hydrogens is 398 g/mol. The second-order valence-corrected chi connectivity index (χ2v) is 8.70. The lowest BCUT2D eigenvalue weighted by Gasteiger charge is -2.29. The number of carbonyl (C=O) groups is 1. The molecule has 0 saturated carbocycles. The lowest BCUT2D eigenvalue weighted by molar-refractivity contribution is 0.0939. The summed E-state index contributed by atoms with van der Waals surface area (Å²) in [5.74, 6) is 0.0803. The highest BCUT2D eigenvalue weighted by Gasteiger charge is 2.29. The molecule has 1 N–H and O–H groups in total. The number of hydrogen-bond acceptors (Lipinski definition) is 4. The zero-order chi connectivity index (χ0) is 20.5. The largest absolute Gasteiger partial charge is 0.346 e. The molecule has 28 heavy (non-hydrogen) atoms. The van der Waals surface area contributed by atoms with E-state index in [2.05, 4.69) is 9.71 Å². The van der Waals surface area contributed by atoms with E-state index in [9.17, 15) is 13.2 Å². The summed E-state index contributed by atoms with van der Waals surface area (Å²) in [4.78, 5) is 14.6. The average Bonchev–Trinajstić information content (AvgIpc) is 2.65. The van der Waals surface area contributed by atoms with E-state index in [1.165, 1.54) is 6.07 Å². The van der Waals surface area contributed by atoms with Crippen LogP contribution in [0.25, 0.3) is 0 Å². The zero-order valence-corrected chi connectivity index (χ0v) is 17.5. The van der Waals surface area contributed by atoms with Gasteiger partial charge in [-0.3, -0.25) is 4.79 Å². The Hall–Kier alpha value is -2.38. The van der Waals surface area contributed by atoms with Crippen molar-refractivity contribution in [2.75, 3.05) is 11.4 Å². The fourth-order valence-corrected chi connectivity index (χ4v) is 4.54. The van der Waals surface area contributed by atoms with Crippen LogP contribution in [0.5, 0.6) is 0 Å². The van der Waals surface area contributed by atoms with Gasteiger partial charge in [0, 0.05) is 17.1 Å². The lowest BCUT2D eigenvalue weighted by atomic mass is 10.1. The van der Waals surface area contributed by atoms with Gasteiger partial charge >= 0.3 is 0 Å². The number of hydrogen-bond donors (Lipinski definition) is 1. The monoisotopic (exact) mass is 419 g/mol. The molecule has 1 aliphatic heterocycles. The van der Waals surface area contributed by atoms with Gasteiger partial charge in [0.05, 0.1) is 11.7 Å². The second kappa shape index (κ2) is 7.93. The number of anilines is 1. The first-order valence-corrected chi connectivity index (χ1v) is 10.8. The SMILES string of the molecule is CCCN1C(C)=NS(=O)(=O)c2cc(C(=O)N[C@H](C)c3ccc(Cl)cc3)ccc21. The predicted octanol–water partition coefficient (Wildman–Crippen LogP) is 4.17. The molecular formula is C20H22ClN3O3S. The fraction of sp³-hybridized carbons (Fsp3) is 0.300. The van der Waals surface area contributed by atoms with E-state index >= 15 is 0 Å². The Bertz CT molecular complexity index is 1030. The second-order valence-electron chi connectivity index (χ2n) is 6.69. The lowest BCUT2D eigenvalue weighted by Crippen LogP contribution is -2.35. The molecule has 0 spiro atoms. The van der Waals surface area contributed by atoms with E-state index in [-0.39, 0.29) is 22.4 Å². The first kappa shape index (κ1) is 20.4. The van der Waals surface area contributed by atoms with Gasteiger partial charge in [0.15, 0.2) is 0 Å². The van der Waals surface area contributed by atoms with Gasteiger partial charge in [0.1, 0.15) is 10.7 Å². The summed E-state index contributed by atoms with van der Waals surface area (Å²) < 4.78 is 28.9. The summed E-state index contributed by atoms with van der Waals surface area (Å²) in [5, 5.41) is 3.51. The molecule has 1 heterocycles. The van der Waals surface area contributed by atoms with Crippen molar-refractivity contribution in [2.45, 2.75) is 38.1 Å². The summed E-state index contributed by atoms with van der Waals surface area (Å²) >= 11 is 5.90. The molecule has 0 unspecified atom stereocenters. The van der Waals surface area contributed by atoms with Crippen LogP contribution in [0, 0.1) is 0 Å². The fourth-order valence-electron chi connectivity index (χ4n) is 3.15. The Balaban J connectivity index is 1.89. The highest BCUT2D eigenvalue weighted by Crippen LogP contribution is 2.32. The van der Waals surface area contributed by atoms with Gasteiger partial charge in [-0.2, -0.15) is 8.42 Å². The van der Waals surface area contributed by atoms with E-state index < -0.39 is 10.0 Å². The number of nitrogens with one attached hydrogen (secondary N) is 1. The number of carbonyl (C=O) groups excluding carboxylic acids is 1. The number of fused-ring (bicyclic) bond motifs is 1. The number of benzene rings is 2. The molecule has 1 aliphatic rings. The minimum Gasteiger partial charge on any atom is -0.346 e. The van der Waals surface area contributed by atoms with Gasteiger partial charge in [-0.25, -0.2) is 0 Å². The molecule has 3 rings (SSSR count). The van der Waals surface area contributed by atoms with Crippen LogP contribution < -0.4 is 10.2 Å². The first-order valence-electron chi connectivity index (χ1n) is 9.02. The molecule has 2 aromatic rings. The van der Waals surface area contributed by atoms with Gasteiger partial charge in [-0.1, -0.05) is 30.7 Å². The van der Waals surface area contributed by atoms with E-state index in [0.29, 0.717) is 23.1 Å². The van der Waals surface area contributed by atoms with Gasteiger partial charge in [0.2, 0.25) is 0 Å². The Labute approximate surface area is 170 Å². The summed E-state index contributed by atoms with van der Waals surface area (Å²) in [7, 11) is -3.83. The molecule has 2 aromatic carbocycles. The Kier molecular flexibility index (Phi) is 5.76. The zero-order valence-electron chi connectivity index (χ0n) is 15.9. The number of amidine groups is 1. The highest BCUT2D eigenvalue weighted by atomic mass is 35.5. The number of amides is 1. The highest BCUT2D eigenvalue weighted by molar-refractivity contribution is 7.90. The quantitative estimate of drug-likeness (QED) is 0.788. The Morgan fingerprint density at radius 3 is 2.54 bits per heavy atom. The van der Waals surface area contributed by atoms with Crippen LogP contribution in [0.4, 0.5) is 5.69 Å². The number of halogens is 1. The summed E-state index contributed by atoms with van der Waals surface area (Å²) in [6.45, 7) is 6.19. The van der Waals surface area contributed by atoms with E-state index in [1.807, 2.05) is 30.9 Å². The first-order chi connectivity index (χ1) is 13.2. The molecule has 0 fully saturated rings. The third-order valence-electron chi connectivity index (χ3n) is 4.60. The number of sulfonamides is 1. The maximum Gasteiger partial charge on any atom is 0.286 e. The smallest absolute Gasteiger partial charge is 0.286 e. The minimum absolute atomic E-state index is 0.0540. The van der Waals surface area contributed by atoms with E-state index in [4.69, 9.17) is 11.6 Å². The van der Waals surface area contributed by atoms with E-state index in [0.717, 1.165) is 12.0 Å². The van der Waals surface area contributed by atoms with Crippen LogP contribution in [-0.4, -0.2) is 26.7 Å². The van der Waals surface area contributed by atoms with Crippen LogP contribution in [0.15, 0.2) is 51.8 Å². The number of rotatable bonds is 5. The van der Waals surface area contributed by atoms with Crippen LogP contribution in [0.3, 0.4) is 0 Å². The molecule has 148 valence electrons. The molecule has 1 atom stereocenters. The number of nitrogens with zero attached hydrogens (tertiary/aromatic N) is 2. The molecule has 0 bridgehead atoms. The van der Waals surface area contributed by atoms with Gasteiger partial charge < -0.3 is 10.2 Å². The summed E-state index contributed by atoms with van der Waals surface area (Å²) in [6.07, 6.45) is 0.840. The van der Waals surface area contributed by atoms with Crippen molar-refractivity contribution < 1.29 is 13.2 Å². The Morgan fingerprint density at radius 1 is 1.21 bits per heavy atom. The minimum atomic E-state index is -3.83. The summed E-state index contributed by atoms with van der Waals surface area (Å²) in [5.41, 5.74) is 1.73. The van der Waals surface area contributed by atoms with Gasteiger partial charge in [-0.05, 0) is 56.2 Å². The maximum absolute atomic E-state index is 12.7. The molecule has 1 amide bonds. The van der Waals surface area contributed by atoms with Crippen LogP contribution in [0.2, 0.25) is 5.02 Å². The topological polar surface area (TPSA) is 78.8 Å². The third kappa shape index (κ3) is 4.05. The molecule has 0 saturated heterocycles. The van der Waals surface area contributed by atoms with Crippen molar-refractivity contribution in [1.82, 2.24) is 5.32 Å². The van der Waals surface area contributed by atoms with Crippen molar-refractivity contribution >= 4 is 39.1 Å². The van der Waals surface area contributed by atoms with Crippen molar-refractivity contribution in [2.24, 2.45) is 4.40 Å². The molecule has 0 aliphatic carbocycles.